The number of imidazole rings is 1. The fraction of sp³-hybridized carbons (Fsp3) is 0.391. The minimum absolute atomic E-state index is 0.0601. The van der Waals surface area contributed by atoms with Crippen molar-refractivity contribution in [1.29, 1.82) is 0 Å². The van der Waals surface area contributed by atoms with E-state index in [0.717, 1.165) is 12.4 Å². The van der Waals surface area contributed by atoms with Crippen molar-refractivity contribution in [2.45, 2.75) is 44.7 Å². The molecule has 0 saturated carbocycles. The lowest BCUT2D eigenvalue weighted by atomic mass is 9.99. The third-order valence-electron chi connectivity index (χ3n) is 6.77. The van der Waals surface area contributed by atoms with Gasteiger partial charge >= 0.3 is 6.18 Å². The molecule has 39 heavy (non-hydrogen) atoms. The summed E-state index contributed by atoms with van der Waals surface area (Å²) in [6.07, 6.45) is -1.03. The Labute approximate surface area is 219 Å². The maximum Gasteiger partial charge on any atom is 0.419 e. The minimum atomic E-state index is -4.99. The number of rotatable bonds is 7. The molecule has 0 bridgehead atoms. The van der Waals surface area contributed by atoms with E-state index < -0.39 is 35.5 Å². The first-order valence-corrected chi connectivity index (χ1v) is 12.0. The van der Waals surface area contributed by atoms with Gasteiger partial charge in [-0.3, -0.25) is 4.79 Å². The molecule has 1 aliphatic heterocycles. The predicted octanol–water partition coefficient (Wildman–Crippen LogP) is 1.45. The summed E-state index contributed by atoms with van der Waals surface area (Å²) < 4.78 is 60.0. The topological polar surface area (TPSA) is 159 Å². The van der Waals surface area contributed by atoms with E-state index in [9.17, 15) is 22.4 Å². The second-order valence-electron chi connectivity index (χ2n) is 9.22. The van der Waals surface area contributed by atoms with Crippen LogP contribution in [-0.2, 0) is 30.6 Å². The third-order valence-corrected chi connectivity index (χ3v) is 6.77. The molecule has 1 saturated heterocycles. The van der Waals surface area contributed by atoms with E-state index in [1.807, 2.05) is 6.92 Å². The lowest BCUT2D eigenvalue weighted by Crippen LogP contribution is -2.55. The number of hydrogen-bond acceptors (Lipinski definition) is 9. The Bertz CT molecular complexity index is 1530. The molecule has 206 valence electrons. The van der Waals surface area contributed by atoms with E-state index in [4.69, 9.17) is 11.5 Å². The first-order chi connectivity index (χ1) is 18.5. The van der Waals surface area contributed by atoms with Gasteiger partial charge in [-0.05, 0) is 25.5 Å². The van der Waals surface area contributed by atoms with Crippen LogP contribution in [0.25, 0.3) is 11.2 Å². The molecule has 3 aromatic heterocycles. The highest BCUT2D eigenvalue weighted by atomic mass is 19.4. The lowest BCUT2D eigenvalue weighted by molar-refractivity contribution is -0.140. The van der Waals surface area contributed by atoms with Crippen LogP contribution in [0.1, 0.15) is 30.3 Å². The molecule has 1 aromatic carbocycles. The van der Waals surface area contributed by atoms with Gasteiger partial charge in [0.25, 0.3) is 0 Å². The van der Waals surface area contributed by atoms with Crippen molar-refractivity contribution in [1.82, 2.24) is 39.6 Å². The molecule has 0 radical (unpaired) electrons. The van der Waals surface area contributed by atoms with E-state index in [1.54, 1.807) is 9.58 Å². The summed E-state index contributed by atoms with van der Waals surface area (Å²) in [6, 6.07) is 2.03. The number of hydrogen-bond donors (Lipinski definition) is 3. The number of nitrogens with one attached hydrogen (secondary N) is 1. The largest absolute Gasteiger partial charge is 0.419 e. The maximum atomic E-state index is 14.7. The number of nitrogens with zero attached hydrogens (tertiary/aromatic N) is 8. The molecule has 0 aliphatic carbocycles. The molecule has 4 aromatic rings. The molecule has 12 nitrogen and oxygen atoms in total. The SMILES string of the molecule is CCn1ncnc1CNC(=O)C1(N)CCN(c2ccc(F)c(C(F)(F)F)c2Cn2cnc3c(N)ncnc32)C1. The number of nitrogens with two attached hydrogens (primary N) is 2. The zero-order valence-corrected chi connectivity index (χ0v) is 20.8. The van der Waals surface area contributed by atoms with Crippen molar-refractivity contribution >= 4 is 28.6 Å². The van der Waals surface area contributed by atoms with Gasteiger partial charge in [0.15, 0.2) is 11.5 Å². The van der Waals surface area contributed by atoms with Crippen LogP contribution in [0.5, 0.6) is 0 Å². The zero-order chi connectivity index (χ0) is 27.9. The number of carbonyl (C=O) groups is 1. The van der Waals surface area contributed by atoms with Crippen molar-refractivity contribution in [3.05, 3.63) is 53.9 Å². The normalized spacial score (nSPS) is 17.7. The fourth-order valence-corrected chi connectivity index (χ4v) is 4.80. The molecule has 5 N–H and O–H groups in total. The van der Waals surface area contributed by atoms with Crippen molar-refractivity contribution < 1.29 is 22.4 Å². The van der Waals surface area contributed by atoms with Gasteiger partial charge in [-0.1, -0.05) is 0 Å². The summed E-state index contributed by atoms with van der Waals surface area (Å²) in [7, 11) is 0. The van der Waals surface area contributed by atoms with Crippen LogP contribution in [0.2, 0.25) is 0 Å². The molecule has 1 atom stereocenters. The first-order valence-electron chi connectivity index (χ1n) is 12.0. The molecule has 1 aliphatic rings. The highest BCUT2D eigenvalue weighted by molar-refractivity contribution is 5.88. The van der Waals surface area contributed by atoms with Crippen LogP contribution in [0, 0.1) is 5.82 Å². The number of nitrogen functional groups attached to an aromatic ring is 1. The summed E-state index contributed by atoms with van der Waals surface area (Å²) in [5, 5.41) is 6.79. The lowest BCUT2D eigenvalue weighted by Gasteiger charge is -2.27. The Hall–Kier alpha value is -4.34. The molecule has 1 amide bonds. The summed E-state index contributed by atoms with van der Waals surface area (Å²) in [5.74, 6) is -1.30. The summed E-state index contributed by atoms with van der Waals surface area (Å²) in [5.41, 5.74) is 9.58. The Morgan fingerprint density at radius 3 is 2.72 bits per heavy atom. The Morgan fingerprint density at radius 2 is 1.97 bits per heavy atom. The van der Waals surface area contributed by atoms with E-state index in [0.29, 0.717) is 12.4 Å². The molecule has 0 spiro atoms. The molecular formula is C23H25F4N11O. The summed E-state index contributed by atoms with van der Waals surface area (Å²) >= 11 is 0. The number of aromatic nitrogens is 7. The van der Waals surface area contributed by atoms with Gasteiger partial charge in [0.2, 0.25) is 5.91 Å². The van der Waals surface area contributed by atoms with Crippen LogP contribution in [0.3, 0.4) is 0 Å². The van der Waals surface area contributed by atoms with Gasteiger partial charge in [-0.25, -0.2) is 29.0 Å². The molecule has 1 fully saturated rings. The van der Waals surface area contributed by atoms with Gasteiger partial charge in [-0.15, -0.1) is 0 Å². The maximum absolute atomic E-state index is 14.7. The van der Waals surface area contributed by atoms with Gasteiger partial charge in [0.1, 0.15) is 35.4 Å². The Balaban J connectivity index is 1.46. The van der Waals surface area contributed by atoms with Crippen LogP contribution < -0.4 is 21.7 Å². The third kappa shape index (κ3) is 4.82. The molecule has 16 heteroatoms. The highest BCUT2D eigenvalue weighted by Gasteiger charge is 2.44. The zero-order valence-electron chi connectivity index (χ0n) is 20.8. The van der Waals surface area contributed by atoms with Crippen LogP contribution in [-0.4, -0.2) is 58.8 Å². The van der Waals surface area contributed by atoms with Gasteiger partial charge in [-0.2, -0.15) is 18.3 Å². The molecule has 5 rings (SSSR count). The minimum Gasteiger partial charge on any atom is -0.382 e. The number of alkyl halides is 3. The number of benzene rings is 1. The van der Waals surface area contributed by atoms with Crippen molar-refractivity contribution in [2.24, 2.45) is 5.73 Å². The van der Waals surface area contributed by atoms with Gasteiger partial charge in [0, 0.05) is 30.9 Å². The molecular weight excluding hydrogens is 522 g/mol. The van der Waals surface area contributed by atoms with Crippen LogP contribution >= 0.6 is 0 Å². The van der Waals surface area contributed by atoms with E-state index >= 15 is 0 Å². The number of halogens is 4. The highest BCUT2D eigenvalue weighted by Crippen LogP contribution is 2.40. The average molecular weight is 548 g/mol. The van der Waals surface area contributed by atoms with E-state index in [2.05, 4.69) is 30.4 Å². The van der Waals surface area contributed by atoms with Gasteiger partial charge in [0.05, 0.1) is 25.0 Å². The second kappa shape index (κ2) is 9.76. The van der Waals surface area contributed by atoms with Crippen LogP contribution in [0.4, 0.5) is 29.1 Å². The smallest absolute Gasteiger partial charge is 0.382 e. The summed E-state index contributed by atoms with van der Waals surface area (Å²) in [6.45, 7) is 2.20. The number of aryl methyl sites for hydroxylation is 1. The Morgan fingerprint density at radius 1 is 1.18 bits per heavy atom. The number of fused-ring (bicyclic) bond motifs is 1. The number of anilines is 2. The molecule has 4 heterocycles. The van der Waals surface area contributed by atoms with E-state index in [-0.39, 0.29) is 54.3 Å². The Kier molecular flexibility index (Phi) is 6.57. The van der Waals surface area contributed by atoms with Crippen molar-refractivity contribution in [3.8, 4) is 0 Å². The monoisotopic (exact) mass is 547 g/mol. The number of carbonyl (C=O) groups excluding carboxylic acids is 1. The summed E-state index contributed by atoms with van der Waals surface area (Å²) in [4.78, 5) is 30.7. The van der Waals surface area contributed by atoms with Crippen molar-refractivity contribution in [3.63, 3.8) is 0 Å². The van der Waals surface area contributed by atoms with Gasteiger partial charge < -0.3 is 26.3 Å². The van der Waals surface area contributed by atoms with Crippen LogP contribution in [0.15, 0.2) is 31.1 Å². The fourth-order valence-electron chi connectivity index (χ4n) is 4.80. The first kappa shape index (κ1) is 26.3. The van der Waals surface area contributed by atoms with Crippen molar-refractivity contribution in [2.75, 3.05) is 23.7 Å². The quantitative estimate of drug-likeness (QED) is 0.291. The van der Waals surface area contributed by atoms with E-state index in [1.165, 1.54) is 23.3 Å². The standard InChI is InChI=1S/C23H25F4N11O/c1-2-38-16(31-11-35-38)7-30-21(39)22(29)5-6-36(9-22)15-4-3-14(24)17(23(25,26)27)13(15)8-37-12-34-18-19(28)32-10-33-20(18)37/h3-4,10-12H,2,5-9,29H2,1H3,(H,30,39)(H2,28,32,33). The average Bonchev–Trinajstić information content (AvgIpc) is 3.61. The molecule has 1 unspecified atom stereocenters. The predicted molar refractivity (Wildman–Crippen MR) is 132 cm³/mol. The number of amides is 1. The second-order valence-corrected chi connectivity index (χ2v) is 9.22.